The van der Waals surface area contributed by atoms with Crippen molar-refractivity contribution < 1.29 is 14.3 Å². The Morgan fingerprint density at radius 2 is 2.07 bits per heavy atom. The van der Waals surface area contributed by atoms with E-state index in [1.807, 2.05) is 0 Å². The average Bonchev–Trinajstić information content (AvgIpc) is 2.82. The molecular formula is C11H12BFO2. The number of carbonyl (C=O) groups is 1. The van der Waals surface area contributed by atoms with Gasteiger partial charge in [0, 0.05) is 0 Å². The van der Waals surface area contributed by atoms with E-state index in [1.54, 1.807) is 6.07 Å². The summed E-state index contributed by atoms with van der Waals surface area (Å²) in [5.41, 5.74) is 0.603. The van der Waals surface area contributed by atoms with Crippen molar-refractivity contribution in [2.24, 2.45) is 0 Å². The van der Waals surface area contributed by atoms with Gasteiger partial charge in [0.15, 0.2) is 0 Å². The highest BCUT2D eigenvalue weighted by Gasteiger charge is 2.30. The molecule has 0 saturated heterocycles. The molecule has 0 aliphatic heterocycles. The van der Waals surface area contributed by atoms with Crippen molar-refractivity contribution in [3.8, 4) is 0 Å². The molecule has 15 heavy (non-hydrogen) atoms. The van der Waals surface area contributed by atoms with Gasteiger partial charge >= 0.3 is 5.97 Å². The number of halogens is 1. The van der Waals surface area contributed by atoms with Crippen LogP contribution in [0.4, 0.5) is 4.39 Å². The second-order valence-corrected chi connectivity index (χ2v) is 3.55. The first kappa shape index (κ1) is 11.8. The molecule has 1 aromatic carbocycles. The van der Waals surface area contributed by atoms with Crippen LogP contribution in [0, 0.1) is 5.82 Å². The molecule has 0 amide bonds. The Balaban J connectivity index is 0.00000112. The molecule has 1 aliphatic carbocycles. The zero-order valence-electron chi connectivity index (χ0n) is 7.46. The van der Waals surface area contributed by atoms with Crippen LogP contribution in [0.1, 0.15) is 42.1 Å². The molecule has 0 heterocycles. The molecular weight excluding hydrogens is 194 g/mol. The van der Waals surface area contributed by atoms with E-state index < -0.39 is 11.8 Å². The maximum absolute atomic E-state index is 13.3. The van der Waals surface area contributed by atoms with E-state index in [2.05, 4.69) is 0 Å². The van der Waals surface area contributed by atoms with Crippen molar-refractivity contribution in [1.29, 1.82) is 0 Å². The Bertz CT molecular complexity index is 400. The molecule has 2 radical (unpaired) electrons. The summed E-state index contributed by atoms with van der Waals surface area (Å²) in [5, 5.41) is 8.83. The number of hydrogen-bond acceptors (Lipinski definition) is 1. The number of hydrogen-bond donors (Lipinski definition) is 1. The van der Waals surface area contributed by atoms with Gasteiger partial charge in [-0.15, -0.1) is 0 Å². The van der Waals surface area contributed by atoms with Gasteiger partial charge in [0.2, 0.25) is 0 Å². The molecule has 0 atom stereocenters. The Labute approximate surface area is 89.5 Å². The van der Waals surface area contributed by atoms with Crippen molar-refractivity contribution >= 4 is 19.3 Å². The Morgan fingerprint density at radius 1 is 1.47 bits per heavy atom. The minimum absolute atomic E-state index is 0. The van der Waals surface area contributed by atoms with Crippen LogP contribution in [0.5, 0.6) is 0 Å². The lowest BCUT2D eigenvalue weighted by Crippen LogP contribution is -2.12. The van der Waals surface area contributed by atoms with Gasteiger partial charge in [-0.05, 0) is 30.4 Å². The van der Waals surface area contributed by atoms with E-state index in [0.717, 1.165) is 18.9 Å². The first-order chi connectivity index (χ1) is 6.59. The van der Waals surface area contributed by atoms with Gasteiger partial charge in [-0.25, -0.2) is 9.18 Å². The summed E-state index contributed by atoms with van der Waals surface area (Å²) in [4.78, 5) is 10.8. The second-order valence-electron chi connectivity index (χ2n) is 3.55. The summed E-state index contributed by atoms with van der Waals surface area (Å²) in [5.74, 6) is -1.78. The van der Waals surface area contributed by atoms with Crippen molar-refractivity contribution in [2.45, 2.75) is 26.2 Å². The van der Waals surface area contributed by atoms with Gasteiger partial charge in [0.05, 0.1) is 5.56 Å². The molecule has 1 N–H and O–H groups in total. The highest BCUT2D eigenvalue weighted by atomic mass is 19.1. The topological polar surface area (TPSA) is 37.3 Å². The minimum Gasteiger partial charge on any atom is -0.478 e. The normalized spacial score (nSPS) is 14.5. The predicted molar refractivity (Wildman–Crippen MR) is 57.5 cm³/mol. The molecule has 1 fully saturated rings. The highest BCUT2D eigenvalue weighted by Crippen LogP contribution is 2.41. The van der Waals surface area contributed by atoms with Gasteiger partial charge < -0.3 is 5.11 Å². The van der Waals surface area contributed by atoms with Crippen LogP contribution in [0.25, 0.3) is 0 Å². The smallest absolute Gasteiger partial charge is 0.338 e. The van der Waals surface area contributed by atoms with Crippen molar-refractivity contribution in [3.63, 3.8) is 0 Å². The summed E-state index contributed by atoms with van der Waals surface area (Å²) in [7, 11) is 5.46. The first-order valence-corrected chi connectivity index (χ1v) is 4.42. The van der Waals surface area contributed by atoms with Gasteiger partial charge in [0.25, 0.3) is 0 Å². The van der Waals surface area contributed by atoms with Crippen LogP contribution in [-0.4, -0.2) is 18.9 Å². The molecule has 0 unspecified atom stereocenters. The van der Waals surface area contributed by atoms with E-state index in [0.29, 0.717) is 5.56 Å². The third kappa shape index (κ3) is 2.20. The quantitative estimate of drug-likeness (QED) is 0.749. The lowest BCUT2D eigenvalue weighted by Gasteiger charge is -2.07. The van der Waals surface area contributed by atoms with Crippen LogP contribution >= 0.6 is 0 Å². The largest absolute Gasteiger partial charge is 0.478 e. The van der Waals surface area contributed by atoms with E-state index in [1.165, 1.54) is 0 Å². The van der Waals surface area contributed by atoms with Crippen molar-refractivity contribution in [3.05, 3.63) is 29.1 Å². The number of carboxylic acids is 1. The summed E-state index contributed by atoms with van der Waals surface area (Å²) in [6.45, 7) is 0. The van der Waals surface area contributed by atoms with Crippen molar-refractivity contribution in [2.75, 3.05) is 0 Å². The fraction of sp³-hybridized carbons (Fsp3) is 0.364. The third-order valence-electron chi connectivity index (χ3n) is 2.37. The Kier molecular flexibility index (Phi) is 3.17. The minimum atomic E-state index is -1.22. The standard InChI is InChI=1S/C10H8BFO2.CH4/c11-6-3-7(5-1-2-5)9(10(13)14)8(12)4-6;/h3-5H,1-2H2,(H,13,14);1H4. The number of benzene rings is 1. The number of carboxylic acid groups (broad SMARTS) is 1. The lowest BCUT2D eigenvalue weighted by molar-refractivity contribution is 0.0690. The van der Waals surface area contributed by atoms with Crippen LogP contribution in [-0.2, 0) is 0 Å². The fourth-order valence-corrected chi connectivity index (χ4v) is 1.59. The zero-order chi connectivity index (χ0) is 10.3. The Hall–Kier alpha value is -1.32. The molecule has 2 nitrogen and oxygen atoms in total. The molecule has 2 rings (SSSR count). The van der Waals surface area contributed by atoms with Gasteiger partial charge in [-0.2, -0.15) is 0 Å². The lowest BCUT2D eigenvalue weighted by atomic mass is 9.90. The van der Waals surface area contributed by atoms with Crippen LogP contribution in [0.3, 0.4) is 0 Å². The Morgan fingerprint density at radius 3 is 2.53 bits per heavy atom. The SMILES string of the molecule is C.[B]c1cc(F)c(C(=O)O)c(C2CC2)c1. The highest BCUT2D eigenvalue weighted by molar-refractivity contribution is 6.32. The molecule has 78 valence electrons. The van der Waals surface area contributed by atoms with Crippen LogP contribution in [0.15, 0.2) is 12.1 Å². The van der Waals surface area contributed by atoms with Crippen LogP contribution < -0.4 is 5.46 Å². The molecule has 1 aliphatic rings. The van der Waals surface area contributed by atoms with E-state index in [4.69, 9.17) is 13.0 Å². The summed E-state index contributed by atoms with van der Waals surface area (Å²) < 4.78 is 13.3. The molecule has 0 bridgehead atoms. The molecule has 1 saturated carbocycles. The van der Waals surface area contributed by atoms with E-state index in [-0.39, 0.29) is 24.4 Å². The summed E-state index contributed by atoms with van der Waals surface area (Å²) >= 11 is 0. The fourth-order valence-electron chi connectivity index (χ4n) is 1.59. The predicted octanol–water partition coefficient (Wildman–Crippen LogP) is 1.83. The molecule has 1 aromatic rings. The summed E-state index contributed by atoms with van der Waals surface area (Å²) in [6, 6.07) is 2.61. The second kappa shape index (κ2) is 4.05. The molecule has 4 heteroatoms. The number of aromatic carboxylic acids is 1. The molecule has 0 spiro atoms. The van der Waals surface area contributed by atoms with Crippen LogP contribution in [0.2, 0.25) is 0 Å². The third-order valence-corrected chi connectivity index (χ3v) is 2.37. The zero-order valence-corrected chi connectivity index (χ0v) is 7.46. The first-order valence-electron chi connectivity index (χ1n) is 4.42. The van der Waals surface area contributed by atoms with Gasteiger partial charge in [-0.1, -0.05) is 19.0 Å². The van der Waals surface area contributed by atoms with E-state index >= 15 is 0 Å². The van der Waals surface area contributed by atoms with Crippen molar-refractivity contribution in [1.82, 2.24) is 0 Å². The molecule has 0 aromatic heterocycles. The monoisotopic (exact) mass is 206 g/mol. The van der Waals surface area contributed by atoms with Gasteiger partial charge in [-0.3, -0.25) is 0 Å². The summed E-state index contributed by atoms with van der Waals surface area (Å²) in [6.07, 6.45) is 1.84. The average molecular weight is 206 g/mol. The van der Waals surface area contributed by atoms with Gasteiger partial charge in [0.1, 0.15) is 13.7 Å². The maximum atomic E-state index is 13.3. The van der Waals surface area contributed by atoms with E-state index in [9.17, 15) is 9.18 Å². The number of rotatable bonds is 2. The maximum Gasteiger partial charge on any atom is 0.338 e.